The van der Waals surface area contributed by atoms with Gasteiger partial charge in [-0.15, -0.1) is 0 Å². The number of carbonyl (C=O) groups excluding carboxylic acids is 1. The molecule has 4 rings (SSSR count). The predicted octanol–water partition coefficient (Wildman–Crippen LogP) is 6.64. The summed E-state index contributed by atoms with van der Waals surface area (Å²) in [6.07, 6.45) is 0. The molecule has 1 heterocycles. The minimum atomic E-state index is -0.417. The van der Waals surface area contributed by atoms with Crippen LogP contribution in [0.4, 0.5) is 8.78 Å². The first-order valence-electron chi connectivity index (χ1n) is 9.73. The van der Waals surface area contributed by atoms with Crippen molar-refractivity contribution in [3.63, 3.8) is 0 Å². The topological polar surface area (TPSA) is 53.8 Å². The summed E-state index contributed by atoms with van der Waals surface area (Å²) >= 11 is 0.993. The number of hydrogen-bond acceptors (Lipinski definition) is 4. The molecule has 3 aromatic carbocycles. The molecule has 0 aliphatic heterocycles. The molecule has 0 amide bonds. The zero-order valence-corrected chi connectivity index (χ0v) is 17.6. The fourth-order valence-electron chi connectivity index (χ4n) is 3.24. The molecule has 156 valence electrons. The molecule has 0 saturated heterocycles. The van der Waals surface area contributed by atoms with Crippen molar-refractivity contribution in [1.82, 2.24) is 4.98 Å². The number of thioether (sulfide) groups is 1. The van der Waals surface area contributed by atoms with Gasteiger partial charge in [0.15, 0.2) is 0 Å². The molecule has 0 spiro atoms. The standard InChI is InChI=1S/C26H16F2N2OS/c27-20-10-6-17(7-11-20)22-14-24(18-4-2-1-3-5-18)30-25(23(22)15-29)16-32-26(31)19-8-12-21(28)13-9-19/h1-14H,16H2. The number of benzene rings is 3. The van der Waals surface area contributed by atoms with Crippen molar-refractivity contribution in [2.75, 3.05) is 0 Å². The highest BCUT2D eigenvalue weighted by atomic mass is 32.2. The van der Waals surface area contributed by atoms with E-state index in [-0.39, 0.29) is 16.7 Å². The van der Waals surface area contributed by atoms with Gasteiger partial charge in [0.1, 0.15) is 17.7 Å². The van der Waals surface area contributed by atoms with Crippen LogP contribution in [0, 0.1) is 23.0 Å². The van der Waals surface area contributed by atoms with Crippen LogP contribution in [0.15, 0.2) is 84.9 Å². The highest BCUT2D eigenvalue weighted by Crippen LogP contribution is 2.32. The molecule has 0 unspecified atom stereocenters. The number of pyridine rings is 1. The Morgan fingerprint density at radius 3 is 2.12 bits per heavy atom. The minimum absolute atomic E-state index is 0.161. The highest BCUT2D eigenvalue weighted by Gasteiger charge is 2.17. The lowest BCUT2D eigenvalue weighted by molar-refractivity contribution is 0.108. The normalized spacial score (nSPS) is 10.5. The van der Waals surface area contributed by atoms with Crippen LogP contribution in [0.1, 0.15) is 21.6 Å². The molecule has 0 radical (unpaired) electrons. The second kappa shape index (κ2) is 9.54. The minimum Gasteiger partial charge on any atom is -0.282 e. The van der Waals surface area contributed by atoms with Crippen molar-refractivity contribution < 1.29 is 13.6 Å². The Labute approximate surface area is 188 Å². The van der Waals surface area contributed by atoms with Gasteiger partial charge in [0.2, 0.25) is 5.12 Å². The fourth-order valence-corrected chi connectivity index (χ4v) is 4.02. The van der Waals surface area contributed by atoms with Crippen molar-refractivity contribution in [2.45, 2.75) is 5.75 Å². The van der Waals surface area contributed by atoms with Gasteiger partial charge in [0, 0.05) is 22.4 Å². The van der Waals surface area contributed by atoms with E-state index >= 15 is 0 Å². The Hall–Kier alpha value is -3.82. The average molecular weight is 442 g/mol. The van der Waals surface area contributed by atoms with Crippen molar-refractivity contribution in [2.24, 2.45) is 0 Å². The molecule has 1 aromatic heterocycles. The third-order valence-electron chi connectivity index (χ3n) is 4.85. The first kappa shape index (κ1) is 21.4. The number of nitriles is 1. The zero-order valence-electron chi connectivity index (χ0n) is 16.8. The van der Waals surface area contributed by atoms with Gasteiger partial charge in [0.25, 0.3) is 0 Å². The second-order valence-electron chi connectivity index (χ2n) is 6.94. The van der Waals surface area contributed by atoms with E-state index in [1.807, 2.05) is 30.3 Å². The van der Waals surface area contributed by atoms with E-state index in [9.17, 15) is 18.8 Å². The van der Waals surface area contributed by atoms with Gasteiger partial charge >= 0.3 is 0 Å². The van der Waals surface area contributed by atoms with Gasteiger partial charge in [-0.25, -0.2) is 8.78 Å². The zero-order chi connectivity index (χ0) is 22.5. The molecule has 0 saturated carbocycles. The summed E-state index contributed by atoms with van der Waals surface area (Å²) in [4.78, 5) is 17.2. The smallest absolute Gasteiger partial charge is 0.219 e. The van der Waals surface area contributed by atoms with E-state index in [4.69, 9.17) is 0 Å². The maximum Gasteiger partial charge on any atom is 0.219 e. The molecule has 0 N–H and O–H groups in total. The summed E-state index contributed by atoms with van der Waals surface area (Å²) in [5, 5.41) is 9.64. The Morgan fingerprint density at radius 1 is 0.875 bits per heavy atom. The summed E-state index contributed by atoms with van der Waals surface area (Å²) < 4.78 is 26.6. The largest absolute Gasteiger partial charge is 0.282 e. The van der Waals surface area contributed by atoms with Crippen LogP contribution in [0.5, 0.6) is 0 Å². The van der Waals surface area contributed by atoms with Crippen LogP contribution < -0.4 is 0 Å². The molecule has 0 bridgehead atoms. The summed E-state index contributed by atoms with van der Waals surface area (Å²) in [6, 6.07) is 24.7. The predicted molar refractivity (Wildman–Crippen MR) is 122 cm³/mol. The van der Waals surface area contributed by atoms with Crippen molar-refractivity contribution in [3.05, 3.63) is 113 Å². The van der Waals surface area contributed by atoms with Crippen LogP contribution in [0.3, 0.4) is 0 Å². The van der Waals surface area contributed by atoms with Gasteiger partial charge in [-0.2, -0.15) is 5.26 Å². The third-order valence-corrected chi connectivity index (χ3v) is 5.77. The van der Waals surface area contributed by atoms with Crippen LogP contribution in [-0.2, 0) is 5.75 Å². The number of aromatic nitrogens is 1. The molecule has 4 aromatic rings. The van der Waals surface area contributed by atoms with Crippen molar-refractivity contribution >= 4 is 16.9 Å². The number of rotatable bonds is 5. The molecule has 0 aliphatic rings. The maximum absolute atomic E-state index is 13.5. The van der Waals surface area contributed by atoms with Crippen LogP contribution in [0.25, 0.3) is 22.4 Å². The lowest BCUT2D eigenvalue weighted by Crippen LogP contribution is -2.02. The van der Waals surface area contributed by atoms with E-state index in [1.54, 1.807) is 18.2 Å². The lowest BCUT2D eigenvalue weighted by Gasteiger charge is -2.13. The number of hydrogen-bond donors (Lipinski definition) is 0. The Morgan fingerprint density at radius 2 is 1.50 bits per heavy atom. The third kappa shape index (κ3) is 4.74. The van der Waals surface area contributed by atoms with E-state index in [0.717, 1.165) is 17.3 Å². The molecule has 0 fully saturated rings. The van der Waals surface area contributed by atoms with Gasteiger partial charge < -0.3 is 0 Å². The highest BCUT2D eigenvalue weighted by molar-refractivity contribution is 8.13. The molecule has 3 nitrogen and oxygen atoms in total. The summed E-state index contributed by atoms with van der Waals surface area (Å²) in [5.74, 6) is -0.627. The molecule has 32 heavy (non-hydrogen) atoms. The van der Waals surface area contributed by atoms with Gasteiger partial charge in [0.05, 0.1) is 17.0 Å². The van der Waals surface area contributed by atoms with Gasteiger partial charge in [-0.1, -0.05) is 54.2 Å². The van der Waals surface area contributed by atoms with Crippen molar-refractivity contribution in [3.8, 4) is 28.5 Å². The molecule has 0 atom stereocenters. The second-order valence-corrected chi connectivity index (χ2v) is 7.89. The SMILES string of the molecule is N#Cc1c(-c2ccc(F)cc2)cc(-c2ccccc2)nc1CSC(=O)c1ccc(F)cc1. The van der Waals surface area contributed by atoms with E-state index < -0.39 is 5.82 Å². The first-order chi connectivity index (χ1) is 15.5. The molecular weight excluding hydrogens is 426 g/mol. The summed E-state index contributed by atoms with van der Waals surface area (Å²) in [7, 11) is 0. The average Bonchev–Trinajstić information content (AvgIpc) is 2.83. The molecule has 6 heteroatoms. The monoisotopic (exact) mass is 442 g/mol. The summed E-state index contributed by atoms with van der Waals surface area (Å²) in [6.45, 7) is 0. The lowest BCUT2D eigenvalue weighted by atomic mass is 9.97. The Balaban J connectivity index is 1.75. The Kier molecular flexibility index (Phi) is 6.39. The number of carbonyl (C=O) groups is 1. The van der Waals surface area contributed by atoms with Gasteiger partial charge in [-0.3, -0.25) is 9.78 Å². The summed E-state index contributed by atoms with van der Waals surface area (Å²) in [5.41, 5.74) is 3.95. The number of nitrogens with zero attached hydrogens (tertiary/aromatic N) is 2. The van der Waals surface area contributed by atoms with Crippen LogP contribution in [-0.4, -0.2) is 10.1 Å². The van der Waals surface area contributed by atoms with Crippen LogP contribution >= 0.6 is 11.8 Å². The molecular formula is C26H16F2N2OS. The number of halogens is 2. The van der Waals surface area contributed by atoms with Gasteiger partial charge in [-0.05, 0) is 48.0 Å². The fraction of sp³-hybridized carbons (Fsp3) is 0.0385. The van der Waals surface area contributed by atoms with E-state index in [2.05, 4.69) is 11.1 Å². The maximum atomic E-state index is 13.5. The van der Waals surface area contributed by atoms with E-state index in [0.29, 0.717) is 33.6 Å². The van der Waals surface area contributed by atoms with Crippen LogP contribution in [0.2, 0.25) is 0 Å². The van der Waals surface area contributed by atoms with Crippen molar-refractivity contribution in [1.29, 1.82) is 5.26 Å². The Bertz CT molecular complexity index is 1300. The quantitative estimate of drug-likeness (QED) is 0.348. The first-order valence-corrected chi connectivity index (χ1v) is 10.7. The molecule has 0 aliphatic carbocycles. The van der Waals surface area contributed by atoms with E-state index in [1.165, 1.54) is 36.4 Å².